The van der Waals surface area contributed by atoms with Crippen LogP contribution in [-0.2, 0) is 6.18 Å². The van der Waals surface area contributed by atoms with Crippen LogP contribution < -0.4 is 11.1 Å². The highest BCUT2D eigenvalue weighted by Gasteiger charge is 2.32. The molecule has 9 heteroatoms. The number of halogens is 3. The van der Waals surface area contributed by atoms with Gasteiger partial charge in [-0.1, -0.05) is 6.07 Å². The number of nitrogens with zero attached hydrogens (tertiary/aromatic N) is 4. The molecule has 118 valence electrons. The number of hydrogen-bond acceptors (Lipinski definition) is 6. The normalized spacial score (nSPS) is 12.3. The quantitative estimate of drug-likeness (QED) is 0.886. The highest BCUT2D eigenvalue weighted by atomic mass is 19.4. The van der Waals surface area contributed by atoms with Gasteiger partial charge in [-0.25, -0.2) is 4.98 Å². The molecular formula is C13H15F3N6. The molecule has 0 aromatic carbocycles. The third kappa shape index (κ3) is 4.03. The number of rotatable bonds is 2. The summed E-state index contributed by atoms with van der Waals surface area (Å²) in [6.07, 6.45) is -4.54. The van der Waals surface area contributed by atoms with Gasteiger partial charge in [0.2, 0.25) is 11.9 Å². The second kappa shape index (κ2) is 5.39. The summed E-state index contributed by atoms with van der Waals surface area (Å²) < 4.78 is 38.1. The highest BCUT2D eigenvalue weighted by molar-refractivity contribution is 5.53. The lowest BCUT2D eigenvalue weighted by Gasteiger charge is -2.20. The molecule has 0 aliphatic heterocycles. The van der Waals surface area contributed by atoms with Gasteiger partial charge in [0.25, 0.3) is 0 Å². The third-order valence-electron chi connectivity index (χ3n) is 2.41. The lowest BCUT2D eigenvalue weighted by atomic mass is 10.1. The van der Waals surface area contributed by atoms with Crippen molar-refractivity contribution in [1.82, 2.24) is 19.9 Å². The van der Waals surface area contributed by atoms with Crippen LogP contribution >= 0.6 is 0 Å². The van der Waals surface area contributed by atoms with Crippen molar-refractivity contribution in [2.24, 2.45) is 0 Å². The summed E-state index contributed by atoms with van der Waals surface area (Å²) in [7, 11) is 0. The molecule has 2 aromatic rings. The predicted molar refractivity (Wildman–Crippen MR) is 75.8 cm³/mol. The Morgan fingerprint density at radius 2 is 1.68 bits per heavy atom. The molecule has 0 aliphatic rings. The smallest absolute Gasteiger partial charge is 0.368 e. The maximum atomic E-state index is 12.7. The van der Waals surface area contributed by atoms with Crippen LogP contribution in [0.4, 0.5) is 25.1 Å². The number of anilines is 2. The van der Waals surface area contributed by atoms with Crippen molar-refractivity contribution < 1.29 is 13.2 Å². The van der Waals surface area contributed by atoms with Crippen LogP contribution in [0, 0.1) is 0 Å². The Bertz CT molecular complexity index is 678. The minimum Gasteiger partial charge on any atom is -0.368 e. The monoisotopic (exact) mass is 312 g/mol. The number of nitrogens with two attached hydrogens (primary N) is 1. The van der Waals surface area contributed by atoms with Gasteiger partial charge in [-0.05, 0) is 32.9 Å². The zero-order valence-electron chi connectivity index (χ0n) is 12.2. The average molecular weight is 312 g/mol. The van der Waals surface area contributed by atoms with Crippen LogP contribution in [0.15, 0.2) is 18.2 Å². The van der Waals surface area contributed by atoms with E-state index in [1.54, 1.807) is 0 Å². The van der Waals surface area contributed by atoms with E-state index in [1.165, 1.54) is 12.1 Å². The largest absolute Gasteiger partial charge is 0.433 e. The second-order valence-corrected chi connectivity index (χ2v) is 5.62. The summed E-state index contributed by atoms with van der Waals surface area (Å²) >= 11 is 0. The summed E-state index contributed by atoms with van der Waals surface area (Å²) in [6, 6.07) is 3.50. The second-order valence-electron chi connectivity index (χ2n) is 5.62. The van der Waals surface area contributed by atoms with Crippen molar-refractivity contribution in [3.63, 3.8) is 0 Å². The molecule has 0 radical (unpaired) electrons. The molecule has 3 N–H and O–H groups in total. The minimum atomic E-state index is -4.54. The lowest BCUT2D eigenvalue weighted by Crippen LogP contribution is -2.27. The Kier molecular flexibility index (Phi) is 3.90. The fraction of sp³-hybridized carbons (Fsp3) is 0.385. The van der Waals surface area contributed by atoms with Crippen molar-refractivity contribution in [3.05, 3.63) is 23.9 Å². The fourth-order valence-electron chi connectivity index (χ4n) is 1.62. The van der Waals surface area contributed by atoms with Crippen LogP contribution in [0.5, 0.6) is 0 Å². The van der Waals surface area contributed by atoms with E-state index in [9.17, 15) is 13.2 Å². The van der Waals surface area contributed by atoms with E-state index in [0.717, 1.165) is 6.07 Å². The molecule has 0 unspecified atom stereocenters. The SMILES string of the molecule is CC(C)(C)Nc1nc(N)nc(-c2cccc(C(F)(F)F)n2)n1. The molecule has 2 heterocycles. The van der Waals surface area contributed by atoms with Crippen molar-refractivity contribution in [3.8, 4) is 11.5 Å². The Morgan fingerprint density at radius 1 is 1.00 bits per heavy atom. The number of pyridine rings is 1. The van der Waals surface area contributed by atoms with Crippen LogP contribution in [0.1, 0.15) is 26.5 Å². The van der Waals surface area contributed by atoms with Crippen molar-refractivity contribution in [2.75, 3.05) is 11.1 Å². The summed E-state index contributed by atoms with van der Waals surface area (Å²) in [6.45, 7) is 5.65. The average Bonchev–Trinajstić information content (AvgIpc) is 2.35. The van der Waals surface area contributed by atoms with E-state index in [4.69, 9.17) is 5.73 Å². The topological polar surface area (TPSA) is 89.6 Å². The first kappa shape index (κ1) is 15.9. The van der Waals surface area contributed by atoms with Crippen molar-refractivity contribution in [2.45, 2.75) is 32.5 Å². The number of aromatic nitrogens is 4. The number of nitrogen functional groups attached to an aromatic ring is 1. The van der Waals surface area contributed by atoms with Gasteiger partial charge in [0.1, 0.15) is 11.4 Å². The van der Waals surface area contributed by atoms with E-state index in [2.05, 4.69) is 25.3 Å². The highest BCUT2D eigenvalue weighted by Crippen LogP contribution is 2.29. The summed E-state index contributed by atoms with van der Waals surface area (Å²) in [5, 5.41) is 2.98. The molecule has 0 aliphatic carbocycles. The first-order valence-electron chi connectivity index (χ1n) is 6.39. The Balaban J connectivity index is 2.45. The van der Waals surface area contributed by atoms with Crippen molar-refractivity contribution in [1.29, 1.82) is 0 Å². The van der Waals surface area contributed by atoms with Gasteiger partial charge in [0.05, 0.1) is 0 Å². The zero-order chi connectivity index (χ0) is 16.5. The molecule has 0 amide bonds. The number of alkyl halides is 3. The minimum absolute atomic E-state index is 0.0228. The van der Waals surface area contributed by atoms with Crippen LogP contribution in [0.2, 0.25) is 0 Å². The Morgan fingerprint density at radius 3 is 2.27 bits per heavy atom. The van der Waals surface area contributed by atoms with Gasteiger partial charge < -0.3 is 11.1 Å². The van der Waals surface area contributed by atoms with Crippen LogP contribution in [0.25, 0.3) is 11.5 Å². The number of nitrogens with one attached hydrogen (secondary N) is 1. The van der Waals surface area contributed by atoms with Gasteiger partial charge in [0, 0.05) is 5.54 Å². The maximum absolute atomic E-state index is 12.7. The van der Waals surface area contributed by atoms with E-state index in [0.29, 0.717) is 0 Å². The van der Waals surface area contributed by atoms with E-state index in [1.807, 2.05) is 20.8 Å². The van der Waals surface area contributed by atoms with E-state index >= 15 is 0 Å². The molecule has 0 spiro atoms. The maximum Gasteiger partial charge on any atom is 0.433 e. The van der Waals surface area contributed by atoms with Gasteiger partial charge >= 0.3 is 6.18 Å². The summed E-state index contributed by atoms with van der Waals surface area (Å²) in [5.41, 5.74) is 4.20. The molecule has 0 bridgehead atoms. The Labute approximate surface area is 125 Å². The first-order chi connectivity index (χ1) is 10.0. The Hall–Kier alpha value is -2.45. The third-order valence-corrected chi connectivity index (χ3v) is 2.41. The van der Waals surface area contributed by atoms with Crippen LogP contribution in [-0.4, -0.2) is 25.5 Å². The molecule has 2 rings (SSSR count). The molecule has 0 fully saturated rings. The molecule has 22 heavy (non-hydrogen) atoms. The molecule has 0 saturated heterocycles. The van der Waals surface area contributed by atoms with Crippen LogP contribution in [0.3, 0.4) is 0 Å². The van der Waals surface area contributed by atoms with Gasteiger partial charge in [-0.15, -0.1) is 0 Å². The molecule has 0 saturated carbocycles. The van der Waals surface area contributed by atoms with E-state index in [-0.39, 0.29) is 29.0 Å². The summed E-state index contributed by atoms with van der Waals surface area (Å²) in [5.74, 6) is 0.0514. The predicted octanol–water partition coefficient (Wildman–Crippen LogP) is 2.75. The van der Waals surface area contributed by atoms with Gasteiger partial charge in [0.15, 0.2) is 5.82 Å². The number of hydrogen-bond donors (Lipinski definition) is 2. The van der Waals surface area contributed by atoms with Gasteiger partial charge in [-0.3, -0.25) is 0 Å². The standard InChI is InChI=1S/C13H15F3N6/c1-12(2,3)22-11-20-9(19-10(17)21-11)7-5-4-6-8(18-7)13(14,15)16/h4-6H,1-3H3,(H3,17,19,20,21,22). The zero-order valence-corrected chi connectivity index (χ0v) is 12.2. The van der Waals surface area contributed by atoms with E-state index < -0.39 is 11.9 Å². The fourth-order valence-corrected chi connectivity index (χ4v) is 1.62. The molecule has 0 atom stereocenters. The first-order valence-corrected chi connectivity index (χ1v) is 6.39. The van der Waals surface area contributed by atoms with Gasteiger partial charge in [-0.2, -0.15) is 28.1 Å². The molecule has 6 nitrogen and oxygen atoms in total. The lowest BCUT2D eigenvalue weighted by molar-refractivity contribution is -0.141. The summed E-state index contributed by atoms with van der Waals surface area (Å²) in [4.78, 5) is 15.4. The molecule has 2 aromatic heterocycles. The van der Waals surface area contributed by atoms with Crippen molar-refractivity contribution >= 4 is 11.9 Å². The molecular weight excluding hydrogens is 297 g/mol.